The lowest BCUT2D eigenvalue weighted by molar-refractivity contribution is -0.120. The number of unbranched alkanes of at least 4 members (excludes halogenated alkanes) is 1. The molecule has 0 bridgehead atoms. The second-order valence-electron chi connectivity index (χ2n) is 4.68. The normalized spacial score (nSPS) is 12.3. The lowest BCUT2D eigenvalue weighted by Gasteiger charge is -2.12. The Bertz CT molecular complexity index is 227. The van der Waals surface area contributed by atoms with Crippen molar-refractivity contribution in [2.45, 2.75) is 39.2 Å². The Balaban J connectivity index is 3.28. The maximum absolute atomic E-state index is 11.3. The van der Waals surface area contributed by atoms with E-state index in [0.29, 0.717) is 26.3 Å². The molecule has 1 amide bonds. The van der Waals surface area contributed by atoms with Crippen LogP contribution in [0.5, 0.6) is 0 Å². The van der Waals surface area contributed by atoms with Crippen LogP contribution in [0.2, 0.25) is 0 Å². The van der Waals surface area contributed by atoms with E-state index in [2.05, 4.69) is 17.6 Å². The number of ether oxygens (including phenoxy) is 2. The van der Waals surface area contributed by atoms with Crippen LogP contribution < -0.4 is 10.6 Å². The zero-order valence-electron chi connectivity index (χ0n) is 12.8. The standard InChI is InChI=1S/C14H30N2O4/c1-3-5-7-19-8-9-20-12-13(17)10-15-11-14(18)16-6-4-2/h13,15,17H,3-12H2,1-2H3,(H,16,18). The molecule has 0 aliphatic carbocycles. The van der Waals surface area contributed by atoms with Crippen molar-refractivity contribution in [3.05, 3.63) is 0 Å². The highest BCUT2D eigenvalue weighted by molar-refractivity contribution is 5.77. The van der Waals surface area contributed by atoms with Crippen molar-refractivity contribution >= 4 is 5.91 Å². The maximum Gasteiger partial charge on any atom is 0.233 e. The van der Waals surface area contributed by atoms with Crippen LogP contribution in [0.4, 0.5) is 0 Å². The molecule has 0 aliphatic rings. The summed E-state index contributed by atoms with van der Waals surface area (Å²) in [6.45, 7) is 7.42. The van der Waals surface area contributed by atoms with Gasteiger partial charge in [0, 0.05) is 19.7 Å². The zero-order chi connectivity index (χ0) is 15.1. The number of aliphatic hydroxyl groups excluding tert-OH is 1. The van der Waals surface area contributed by atoms with Crippen LogP contribution in [0.3, 0.4) is 0 Å². The van der Waals surface area contributed by atoms with Crippen molar-refractivity contribution in [1.29, 1.82) is 0 Å². The van der Waals surface area contributed by atoms with Gasteiger partial charge in [-0.3, -0.25) is 4.79 Å². The fraction of sp³-hybridized carbons (Fsp3) is 0.929. The second kappa shape index (κ2) is 14.7. The third-order valence-corrected chi connectivity index (χ3v) is 2.56. The minimum atomic E-state index is -0.607. The minimum absolute atomic E-state index is 0.0516. The Morgan fingerprint density at radius 2 is 1.90 bits per heavy atom. The molecule has 0 spiro atoms. The molecule has 0 aromatic rings. The minimum Gasteiger partial charge on any atom is -0.389 e. The van der Waals surface area contributed by atoms with Gasteiger partial charge in [0.25, 0.3) is 0 Å². The molecule has 0 aliphatic heterocycles. The van der Waals surface area contributed by atoms with Crippen molar-refractivity contribution in [2.75, 3.05) is 46.1 Å². The molecule has 20 heavy (non-hydrogen) atoms. The van der Waals surface area contributed by atoms with Gasteiger partial charge in [-0.05, 0) is 12.8 Å². The van der Waals surface area contributed by atoms with Gasteiger partial charge in [-0.25, -0.2) is 0 Å². The molecule has 3 N–H and O–H groups in total. The Kier molecular flexibility index (Phi) is 14.2. The molecule has 1 atom stereocenters. The number of aliphatic hydroxyl groups is 1. The van der Waals surface area contributed by atoms with Crippen molar-refractivity contribution in [2.24, 2.45) is 0 Å². The number of amides is 1. The quantitative estimate of drug-likeness (QED) is 0.401. The highest BCUT2D eigenvalue weighted by Gasteiger charge is 2.05. The number of hydrogen-bond acceptors (Lipinski definition) is 5. The molecule has 0 saturated heterocycles. The summed E-state index contributed by atoms with van der Waals surface area (Å²) in [7, 11) is 0. The fourth-order valence-corrected chi connectivity index (χ4v) is 1.42. The molecule has 0 saturated carbocycles. The van der Waals surface area contributed by atoms with E-state index in [0.717, 1.165) is 25.9 Å². The molecule has 0 fully saturated rings. The van der Waals surface area contributed by atoms with Crippen LogP contribution in [0, 0.1) is 0 Å². The first-order valence-electron chi connectivity index (χ1n) is 7.51. The number of hydrogen-bond donors (Lipinski definition) is 3. The van der Waals surface area contributed by atoms with Gasteiger partial charge in [0.2, 0.25) is 5.91 Å². The van der Waals surface area contributed by atoms with Gasteiger partial charge < -0.3 is 25.2 Å². The van der Waals surface area contributed by atoms with Crippen LogP contribution in [0.15, 0.2) is 0 Å². The molecule has 0 aromatic heterocycles. The molecule has 0 aromatic carbocycles. The Morgan fingerprint density at radius 3 is 2.60 bits per heavy atom. The number of rotatable bonds is 14. The smallest absolute Gasteiger partial charge is 0.233 e. The summed E-state index contributed by atoms with van der Waals surface area (Å²) in [5, 5.41) is 15.3. The van der Waals surface area contributed by atoms with E-state index in [4.69, 9.17) is 9.47 Å². The summed E-state index contributed by atoms with van der Waals surface area (Å²) in [5.74, 6) is -0.0516. The molecule has 0 heterocycles. The predicted molar refractivity (Wildman–Crippen MR) is 78.7 cm³/mol. The van der Waals surface area contributed by atoms with Crippen LogP contribution in [-0.2, 0) is 14.3 Å². The van der Waals surface area contributed by atoms with Gasteiger partial charge in [-0.1, -0.05) is 20.3 Å². The van der Waals surface area contributed by atoms with Crippen molar-refractivity contribution in [3.63, 3.8) is 0 Å². The van der Waals surface area contributed by atoms with Gasteiger partial charge in [-0.15, -0.1) is 0 Å². The molecular formula is C14H30N2O4. The Labute approximate surface area is 122 Å². The van der Waals surface area contributed by atoms with E-state index in [1.807, 2.05) is 6.92 Å². The Hall–Kier alpha value is -0.690. The second-order valence-corrected chi connectivity index (χ2v) is 4.68. The first kappa shape index (κ1) is 19.3. The van der Waals surface area contributed by atoms with Gasteiger partial charge >= 0.3 is 0 Å². The molecule has 6 heteroatoms. The van der Waals surface area contributed by atoms with Crippen LogP contribution in [-0.4, -0.2) is 63.2 Å². The summed E-state index contributed by atoms with van der Waals surface area (Å²) < 4.78 is 10.6. The van der Waals surface area contributed by atoms with Crippen LogP contribution >= 0.6 is 0 Å². The average Bonchev–Trinajstić information content (AvgIpc) is 2.44. The summed E-state index contributed by atoms with van der Waals surface area (Å²) in [6.07, 6.45) is 2.50. The van der Waals surface area contributed by atoms with Crippen molar-refractivity contribution in [1.82, 2.24) is 10.6 Å². The van der Waals surface area contributed by atoms with Gasteiger partial charge in [0.05, 0.1) is 32.5 Å². The van der Waals surface area contributed by atoms with E-state index in [1.54, 1.807) is 0 Å². The van der Waals surface area contributed by atoms with Crippen molar-refractivity contribution in [3.8, 4) is 0 Å². The first-order chi connectivity index (χ1) is 9.70. The monoisotopic (exact) mass is 290 g/mol. The summed E-state index contributed by atoms with van der Waals surface area (Å²) >= 11 is 0. The SMILES string of the molecule is CCCCOCCOCC(O)CNCC(=O)NCCC. The zero-order valence-corrected chi connectivity index (χ0v) is 12.8. The molecule has 120 valence electrons. The third kappa shape index (κ3) is 13.7. The molecule has 0 rings (SSSR count). The highest BCUT2D eigenvalue weighted by atomic mass is 16.5. The van der Waals surface area contributed by atoms with Gasteiger partial charge in [-0.2, -0.15) is 0 Å². The van der Waals surface area contributed by atoms with E-state index >= 15 is 0 Å². The van der Waals surface area contributed by atoms with Crippen molar-refractivity contribution < 1.29 is 19.4 Å². The maximum atomic E-state index is 11.3. The van der Waals surface area contributed by atoms with Gasteiger partial charge in [0.15, 0.2) is 0 Å². The molecule has 1 unspecified atom stereocenters. The molecule has 0 radical (unpaired) electrons. The lowest BCUT2D eigenvalue weighted by Crippen LogP contribution is -2.38. The summed E-state index contributed by atoms with van der Waals surface area (Å²) in [4.78, 5) is 11.3. The summed E-state index contributed by atoms with van der Waals surface area (Å²) in [6, 6.07) is 0. The van der Waals surface area contributed by atoms with E-state index in [9.17, 15) is 9.90 Å². The largest absolute Gasteiger partial charge is 0.389 e. The van der Waals surface area contributed by atoms with E-state index in [1.165, 1.54) is 0 Å². The average molecular weight is 290 g/mol. The highest BCUT2D eigenvalue weighted by Crippen LogP contribution is 1.89. The van der Waals surface area contributed by atoms with E-state index in [-0.39, 0.29) is 19.1 Å². The molecular weight excluding hydrogens is 260 g/mol. The first-order valence-corrected chi connectivity index (χ1v) is 7.51. The predicted octanol–water partition coefficient (Wildman–Crippen LogP) is 0.296. The van der Waals surface area contributed by atoms with E-state index < -0.39 is 6.10 Å². The molecule has 6 nitrogen and oxygen atoms in total. The fourth-order valence-electron chi connectivity index (χ4n) is 1.42. The van der Waals surface area contributed by atoms with Crippen LogP contribution in [0.25, 0.3) is 0 Å². The van der Waals surface area contributed by atoms with Gasteiger partial charge in [0.1, 0.15) is 0 Å². The Morgan fingerprint density at radius 1 is 1.15 bits per heavy atom. The topological polar surface area (TPSA) is 79.8 Å². The summed E-state index contributed by atoms with van der Waals surface area (Å²) in [5.41, 5.74) is 0. The lowest BCUT2D eigenvalue weighted by atomic mass is 10.3. The van der Waals surface area contributed by atoms with Crippen LogP contribution in [0.1, 0.15) is 33.1 Å². The number of carbonyl (C=O) groups is 1. The third-order valence-electron chi connectivity index (χ3n) is 2.56. The number of carbonyl (C=O) groups excluding carboxylic acids is 1. The number of nitrogens with one attached hydrogen (secondary N) is 2.